The Kier molecular flexibility index (Phi) is 3.41. The second-order valence-corrected chi connectivity index (χ2v) is 3.51. The van der Waals surface area contributed by atoms with Crippen LogP contribution in [0.1, 0.15) is 19.0 Å². The molecule has 3 heteroatoms. The zero-order chi connectivity index (χ0) is 8.97. The fourth-order valence-electron chi connectivity index (χ4n) is 1.01. The van der Waals surface area contributed by atoms with E-state index in [-0.39, 0.29) is 5.25 Å². The highest BCUT2D eigenvalue weighted by molar-refractivity contribution is 7.80. The van der Waals surface area contributed by atoms with Crippen molar-refractivity contribution in [2.24, 2.45) is 0 Å². The lowest BCUT2D eigenvalue weighted by atomic mass is 10.2. The summed E-state index contributed by atoms with van der Waals surface area (Å²) in [5.41, 5.74) is 0.791. The van der Waals surface area contributed by atoms with E-state index in [1.807, 2.05) is 12.1 Å². The molecule has 0 radical (unpaired) electrons. The number of hydrogen-bond acceptors (Lipinski definition) is 2. The van der Waals surface area contributed by atoms with Gasteiger partial charge in [0, 0.05) is 23.8 Å². The third-order valence-corrected chi connectivity index (χ3v) is 2.37. The van der Waals surface area contributed by atoms with Crippen LogP contribution in [-0.4, -0.2) is 5.25 Å². The first kappa shape index (κ1) is 9.39. The number of hydrogen-bond donors (Lipinski definition) is 1. The van der Waals surface area contributed by atoms with Crippen LogP contribution in [0.4, 0.5) is 0 Å². The summed E-state index contributed by atoms with van der Waals surface area (Å²) in [5.74, 6) is 0. The first-order chi connectivity index (χ1) is 5.74. The maximum atomic E-state index is 11.2. The van der Waals surface area contributed by atoms with Crippen LogP contribution in [0.15, 0.2) is 24.4 Å². The van der Waals surface area contributed by atoms with Crippen LogP contribution in [0.2, 0.25) is 0 Å². The molecule has 0 aliphatic heterocycles. The normalized spacial score (nSPS) is 12.8. The van der Waals surface area contributed by atoms with Crippen LogP contribution in [-0.2, 0) is 6.42 Å². The molecule has 1 aromatic rings. The van der Waals surface area contributed by atoms with Gasteiger partial charge in [-0.1, -0.05) is 13.0 Å². The third kappa shape index (κ3) is 2.41. The van der Waals surface area contributed by atoms with Crippen molar-refractivity contribution in [3.8, 4) is 0 Å². The molecule has 1 unspecified atom stereocenters. The van der Waals surface area contributed by atoms with Gasteiger partial charge in [-0.2, -0.15) is 17.4 Å². The highest BCUT2D eigenvalue weighted by atomic mass is 32.1. The molecular formula is C9H13NOS. The molecule has 0 aromatic carbocycles. The van der Waals surface area contributed by atoms with E-state index in [4.69, 9.17) is 0 Å². The lowest BCUT2D eigenvalue weighted by Crippen LogP contribution is -2.32. The quantitative estimate of drug-likeness (QED) is 0.430. The Hall–Kier alpha value is -0.700. The van der Waals surface area contributed by atoms with Gasteiger partial charge in [0.05, 0.1) is 0 Å². The monoisotopic (exact) mass is 183 g/mol. The van der Waals surface area contributed by atoms with Gasteiger partial charge < -0.3 is 5.21 Å². The molecule has 0 bridgehead atoms. The molecule has 0 spiro atoms. The standard InChI is InChI=1S/C9H13NOS/c1-2-9(12)7-8-5-3-4-6-10(8)11/h3-6,9,12H,2,7H2,1H3. The summed E-state index contributed by atoms with van der Waals surface area (Å²) >= 11 is 4.34. The van der Waals surface area contributed by atoms with Crippen LogP contribution in [0.3, 0.4) is 0 Å². The lowest BCUT2D eigenvalue weighted by Gasteiger charge is -2.07. The molecule has 66 valence electrons. The molecule has 0 saturated carbocycles. The van der Waals surface area contributed by atoms with Crippen LogP contribution < -0.4 is 4.73 Å². The number of aromatic nitrogens is 1. The SMILES string of the molecule is CCC(S)Cc1cccc[n+]1[O-]. The van der Waals surface area contributed by atoms with Gasteiger partial charge in [-0.05, 0) is 6.42 Å². The molecule has 12 heavy (non-hydrogen) atoms. The van der Waals surface area contributed by atoms with E-state index in [2.05, 4.69) is 19.6 Å². The summed E-state index contributed by atoms with van der Waals surface area (Å²) in [6.07, 6.45) is 3.24. The lowest BCUT2D eigenvalue weighted by molar-refractivity contribution is -0.614. The smallest absolute Gasteiger partial charge is 0.193 e. The van der Waals surface area contributed by atoms with Gasteiger partial charge in [0.1, 0.15) is 0 Å². The van der Waals surface area contributed by atoms with Gasteiger partial charge >= 0.3 is 0 Å². The van der Waals surface area contributed by atoms with E-state index in [0.717, 1.165) is 23.3 Å². The van der Waals surface area contributed by atoms with Crippen molar-refractivity contribution in [3.63, 3.8) is 0 Å². The Morgan fingerprint density at radius 3 is 2.92 bits per heavy atom. The first-order valence-corrected chi connectivity index (χ1v) is 4.60. The molecule has 0 aliphatic carbocycles. The minimum Gasteiger partial charge on any atom is -0.619 e. The van der Waals surface area contributed by atoms with Gasteiger partial charge in [0.2, 0.25) is 0 Å². The van der Waals surface area contributed by atoms with Crippen molar-refractivity contribution in [1.29, 1.82) is 0 Å². The number of nitrogens with zero attached hydrogens (tertiary/aromatic N) is 1. The highest BCUT2D eigenvalue weighted by Gasteiger charge is 2.08. The van der Waals surface area contributed by atoms with Crippen molar-refractivity contribution in [2.45, 2.75) is 25.0 Å². The van der Waals surface area contributed by atoms with Crippen molar-refractivity contribution >= 4 is 12.6 Å². The number of rotatable bonds is 3. The van der Waals surface area contributed by atoms with Crippen molar-refractivity contribution in [1.82, 2.24) is 0 Å². The summed E-state index contributed by atoms with van der Waals surface area (Å²) in [6, 6.07) is 5.45. The van der Waals surface area contributed by atoms with Crippen LogP contribution in [0.25, 0.3) is 0 Å². The predicted molar refractivity (Wildman–Crippen MR) is 52.2 cm³/mol. The molecule has 1 heterocycles. The Morgan fingerprint density at radius 1 is 1.58 bits per heavy atom. The Morgan fingerprint density at radius 2 is 2.33 bits per heavy atom. The van der Waals surface area contributed by atoms with Crippen molar-refractivity contribution in [2.75, 3.05) is 0 Å². The molecule has 2 nitrogen and oxygen atoms in total. The maximum absolute atomic E-state index is 11.2. The number of thiol groups is 1. The Balaban J connectivity index is 2.69. The van der Waals surface area contributed by atoms with E-state index in [1.54, 1.807) is 6.07 Å². The summed E-state index contributed by atoms with van der Waals surface area (Å²) in [5, 5.41) is 11.4. The molecule has 0 saturated heterocycles. The second-order valence-electron chi connectivity index (χ2n) is 2.78. The summed E-state index contributed by atoms with van der Waals surface area (Å²) in [7, 11) is 0. The van der Waals surface area contributed by atoms with E-state index >= 15 is 0 Å². The molecular weight excluding hydrogens is 170 g/mol. The Labute approximate surface area is 78.2 Å². The van der Waals surface area contributed by atoms with Gasteiger partial charge in [-0.3, -0.25) is 0 Å². The van der Waals surface area contributed by atoms with E-state index < -0.39 is 0 Å². The van der Waals surface area contributed by atoms with Crippen molar-refractivity contribution < 1.29 is 4.73 Å². The minimum atomic E-state index is 0.285. The largest absolute Gasteiger partial charge is 0.619 e. The third-order valence-electron chi connectivity index (χ3n) is 1.82. The molecule has 0 aliphatic rings. The molecule has 1 rings (SSSR count). The summed E-state index contributed by atoms with van der Waals surface area (Å²) in [4.78, 5) is 0. The van der Waals surface area contributed by atoms with Gasteiger partial charge in [-0.15, -0.1) is 0 Å². The van der Waals surface area contributed by atoms with Gasteiger partial charge in [-0.25, -0.2) is 0 Å². The topological polar surface area (TPSA) is 26.9 Å². The fourth-order valence-corrected chi connectivity index (χ4v) is 1.19. The zero-order valence-electron chi connectivity index (χ0n) is 7.10. The average molecular weight is 183 g/mol. The van der Waals surface area contributed by atoms with E-state index in [9.17, 15) is 5.21 Å². The second kappa shape index (κ2) is 4.36. The van der Waals surface area contributed by atoms with Gasteiger partial charge in [0.25, 0.3) is 0 Å². The van der Waals surface area contributed by atoms with E-state index in [0.29, 0.717) is 0 Å². The van der Waals surface area contributed by atoms with Crippen LogP contribution in [0.5, 0.6) is 0 Å². The number of pyridine rings is 1. The van der Waals surface area contributed by atoms with Crippen LogP contribution >= 0.6 is 12.6 Å². The molecule has 1 atom stereocenters. The molecule has 0 amide bonds. The zero-order valence-corrected chi connectivity index (χ0v) is 8.00. The summed E-state index contributed by atoms with van der Waals surface area (Å²) < 4.78 is 0.902. The molecule has 1 aromatic heterocycles. The van der Waals surface area contributed by atoms with E-state index in [1.165, 1.54) is 6.20 Å². The van der Waals surface area contributed by atoms with Crippen molar-refractivity contribution in [3.05, 3.63) is 35.3 Å². The fraction of sp³-hybridized carbons (Fsp3) is 0.444. The molecule has 0 N–H and O–H groups in total. The maximum Gasteiger partial charge on any atom is 0.193 e. The highest BCUT2D eigenvalue weighted by Crippen LogP contribution is 2.06. The average Bonchev–Trinajstić information content (AvgIpc) is 2.09. The minimum absolute atomic E-state index is 0.285. The van der Waals surface area contributed by atoms with Crippen LogP contribution in [0, 0.1) is 5.21 Å². The first-order valence-electron chi connectivity index (χ1n) is 4.09. The van der Waals surface area contributed by atoms with Gasteiger partial charge in [0.15, 0.2) is 11.9 Å². The Bertz CT molecular complexity index is 252. The summed E-state index contributed by atoms with van der Waals surface area (Å²) in [6.45, 7) is 2.07. The molecule has 0 fully saturated rings. The predicted octanol–water partition coefficient (Wildman–Crippen LogP) is 1.57.